The van der Waals surface area contributed by atoms with E-state index in [0.29, 0.717) is 0 Å². The average Bonchev–Trinajstić information content (AvgIpc) is 3.34. The molecule has 10 heteroatoms. The molecule has 0 radical (unpaired) electrons. The van der Waals surface area contributed by atoms with E-state index in [2.05, 4.69) is 16.0 Å². The molecule has 8 nitrogen and oxygen atoms in total. The fraction of sp³-hybridized carbons (Fsp3) is 0.222. The number of carbonyl (C=O) groups is 2. The Hall–Kier alpha value is -2.85. The lowest BCUT2D eigenvalue weighted by atomic mass is 10.2. The van der Waals surface area contributed by atoms with E-state index in [4.69, 9.17) is 4.42 Å². The smallest absolute Gasteiger partial charge is 0.387 e. The molecule has 0 unspecified atom stereocenters. The number of carbonyl (C=O) groups excluding carboxylic acids is 2. The fourth-order valence-corrected chi connectivity index (χ4v) is 3.52. The summed E-state index contributed by atoms with van der Waals surface area (Å²) in [7, 11) is 0. The molecule has 146 valence electrons. The number of thiophene rings is 1. The van der Waals surface area contributed by atoms with Gasteiger partial charge in [-0.2, -0.15) is 4.68 Å². The Morgan fingerprint density at radius 3 is 2.64 bits per heavy atom. The summed E-state index contributed by atoms with van der Waals surface area (Å²) >= 11 is 2.77. The number of aryl methyl sites for hydroxylation is 2. The van der Waals surface area contributed by atoms with Gasteiger partial charge in [0.25, 0.3) is 5.89 Å². The molecule has 28 heavy (non-hydrogen) atoms. The summed E-state index contributed by atoms with van der Waals surface area (Å²) in [6.45, 7) is 2.04. The largest absolute Gasteiger partial charge is 0.437 e. The van der Waals surface area contributed by atoms with Crippen molar-refractivity contribution in [3.05, 3.63) is 57.9 Å². The van der Waals surface area contributed by atoms with E-state index in [1.54, 1.807) is 6.07 Å². The maximum Gasteiger partial charge on any atom is 0.437 e. The Kier molecular flexibility index (Phi) is 6.66. The minimum absolute atomic E-state index is 0.0261. The number of nitrogens with zero attached hydrogens (tertiary/aromatic N) is 2. The molecule has 0 atom stereocenters. The van der Waals surface area contributed by atoms with E-state index in [9.17, 15) is 14.4 Å². The van der Waals surface area contributed by atoms with Crippen LogP contribution in [0.4, 0.5) is 0 Å². The molecule has 0 aliphatic heterocycles. The minimum Gasteiger partial charge on any atom is -0.387 e. The first-order valence-electron chi connectivity index (χ1n) is 8.40. The molecular formula is C18H18N4O4S2. The van der Waals surface area contributed by atoms with Crippen LogP contribution in [-0.2, 0) is 16.1 Å². The van der Waals surface area contributed by atoms with Gasteiger partial charge in [0.15, 0.2) is 0 Å². The average molecular weight is 419 g/mol. The first-order valence-corrected chi connectivity index (χ1v) is 10.3. The standard InChI is InChI=1S/C18H18N4O4S2/c1-12-4-6-13(7-5-12)28-11-16(24)20-19-15(23)8-9-22-18(25)26-17(21-22)14-3-2-10-27-14/h2-7,10H,8-9,11H2,1H3,(H,19,23)(H,20,24). The van der Waals surface area contributed by atoms with Gasteiger partial charge in [-0.05, 0) is 30.5 Å². The summed E-state index contributed by atoms with van der Waals surface area (Å²) in [4.78, 5) is 37.2. The van der Waals surface area contributed by atoms with Crippen molar-refractivity contribution >= 4 is 34.9 Å². The second-order valence-corrected chi connectivity index (χ2v) is 7.82. The van der Waals surface area contributed by atoms with Crippen LogP contribution in [-0.4, -0.2) is 27.3 Å². The van der Waals surface area contributed by atoms with Gasteiger partial charge in [-0.15, -0.1) is 28.2 Å². The van der Waals surface area contributed by atoms with Gasteiger partial charge in [0.2, 0.25) is 11.8 Å². The molecule has 2 heterocycles. The highest BCUT2D eigenvalue weighted by Gasteiger charge is 2.12. The summed E-state index contributed by atoms with van der Waals surface area (Å²) in [5.41, 5.74) is 5.83. The van der Waals surface area contributed by atoms with E-state index < -0.39 is 11.7 Å². The molecule has 0 bridgehead atoms. The lowest BCUT2D eigenvalue weighted by Crippen LogP contribution is -2.43. The van der Waals surface area contributed by atoms with E-state index in [1.165, 1.54) is 23.1 Å². The fourth-order valence-electron chi connectivity index (χ4n) is 2.18. The Bertz CT molecular complexity index is 994. The van der Waals surface area contributed by atoms with Crippen LogP contribution in [0.1, 0.15) is 12.0 Å². The van der Waals surface area contributed by atoms with Gasteiger partial charge in [-0.1, -0.05) is 23.8 Å². The molecule has 0 saturated carbocycles. The predicted octanol–water partition coefficient (Wildman–Crippen LogP) is 2.20. The van der Waals surface area contributed by atoms with Crippen molar-refractivity contribution in [2.45, 2.75) is 24.8 Å². The van der Waals surface area contributed by atoms with Crippen LogP contribution in [0.2, 0.25) is 0 Å². The van der Waals surface area contributed by atoms with Crippen LogP contribution in [0, 0.1) is 6.92 Å². The molecule has 0 aliphatic carbocycles. The third kappa shape index (κ3) is 5.57. The Labute approximate surface area is 168 Å². The third-order valence-corrected chi connectivity index (χ3v) is 5.49. The van der Waals surface area contributed by atoms with Crippen molar-refractivity contribution in [1.29, 1.82) is 0 Å². The van der Waals surface area contributed by atoms with Crippen LogP contribution in [0.15, 0.2) is 55.9 Å². The van der Waals surface area contributed by atoms with Crippen molar-refractivity contribution < 1.29 is 14.0 Å². The third-order valence-electron chi connectivity index (χ3n) is 3.62. The van der Waals surface area contributed by atoms with Crippen LogP contribution in [0.25, 0.3) is 10.8 Å². The Morgan fingerprint density at radius 1 is 1.18 bits per heavy atom. The number of benzene rings is 1. The lowest BCUT2D eigenvalue weighted by molar-refractivity contribution is -0.127. The number of thioether (sulfide) groups is 1. The summed E-state index contributed by atoms with van der Waals surface area (Å²) in [6.07, 6.45) is -0.0261. The predicted molar refractivity (Wildman–Crippen MR) is 107 cm³/mol. The molecule has 0 saturated heterocycles. The van der Waals surface area contributed by atoms with Gasteiger partial charge < -0.3 is 4.42 Å². The van der Waals surface area contributed by atoms with Crippen LogP contribution in [0.5, 0.6) is 0 Å². The second kappa shape index (κ2) is 9.38. The van der Waals surface area contributed by atoms with Crippen LogP contribution < -0.4 is 16.6 Å². The zero-order valence-electron chi connectivity index (χ0n) is 15.0. The van der Waals surface area contributed by atoms with Gasteiger partial charge >= 0.3 is 5.76 Å². The van der Waals surface area contributed by atoms with Crippen molar-refractivity contribution in [2.24, 2.45) is 0 Å². The van der Waals surface area contributed by atoms with Crippen LogP contribution >= 0.6 is 23.1 Å². The first-order chi connectivity index (χ1) is 13.5. The minimum atomic E-state index is -0.630. The highest BCUT2D eigenvalue weighted by molar-refractivity contribution is 8.00. The van der Waals surface area contributed by atoms with Crippen molar-refractivity contribution in [1.82, 2.24) is 20.6 Å². The molecular weight excluding hydrogens is 400 g/mol. The number of rotatable bonds is 7. The van der Waals surface area contributed by atoms with Gasteiger partial charge in [0, 0.05) is 11.3 Å². The summed E-state index contributed by atoms with van der Waals surface area (Å²) in [5.74, 6) is -0.980. The SMILES string of the molecule is Cc1ccc(SCC(=O)NNC(=O)CCn2nc(-c3cccs3)oc2=O)cc1. The highest BCUT2D eigenvalue weighted by atomic mass is 32.2. The molecule has 2 N–H and O–H groups in total. The molecule has 0 spiro atoms. The normalized spacial score (nSPS) is 10.6. The molecule has 3 rings (SSSR count). The highest BCUT2D eigenvalue weighted by Crippen LogP contribution is 2.21. The summed E-state index contributed by atoms with van der Waals surface area (Å²) in [5, 5.41) is 5.91. The van der Waals surface area contributed by atoms with Gasteiger partial charge in [0.05, 0.1) is 17.2 Å². The first kappa shape index (κ1) is 19.9. The molecule has 3 aromatic rings. The Balaban J connectivity index is 1.40. The van der Waals surface area contributed by atoms with Crippen molar-refractivity contribution in [3.63, 3.8) is 0 Å². The number of nitrogens with one attached hydrogen (secondary N) is 2. The monoisotopic (exact) mass is 418 g/mol. The summed E-state index contributed by atoms with van der Waals surface area (Å²) < 4.78 is 6.16. The van der Waals surface area contributed by atoms with Gasteiger partial charge in [-0.3, -0.25) is 20.4 Å². The number of amides is 2. The van der Waals surface area contributed by atoms with Gasteiger partial charge in [0.1, 0.15) is 0 Å². The maximum absolute atomic E-state index is 11.9. The van der Waals surface area contributed by atoms with Crippen molar-refractivity contribution in [2.75, 3.05) is 5.75 Å². The molecule has 2 aromatic heterocycles. The van der Waals surface area contributed by atoms with Gasteiger partial charge in [-0.25, -0.2) is 4.79 Å². The van der Waals surface area contributed by atoms with E-state index in [1.807, 2.05) is 42.6 Å². The number of hydrogen-bond donors (Lipinski definition) is 2. The summed E-state index contributed by atoms with van der Waals surface area (Å²) in [6, 6.07) is 11.4. The zero-order valence-corrected chi connectivity index (χ0v) is 16.6. The number of aromatic nitrogens is 2. The van der Waals surface area contributed by atoms with Crippen LogP contribution in [0.3, 0.4) is 0 Å². The second-order valence-electron chi connectivity index (χ2n) is 5.82. The molecule has 1 aromatic carbocycles. The number of hydrazine groups is 1. The van der Waals surface area contributed by atoms with E-state index in [-0.39, 0.29) is 30.5 Å². The number of hydrogen-bond acceptors (Lipinski definition) is 7. The molecule has 2 amide bonds. The molecule has 0 fully saturated rings. The van der Waals surface area contributed by atoms with E-state index >= 15 is 0 Å². The Morgan fingerprint density at radius 2 is 1.93 bits per heavy atom. The van der Waals surface area contributed by atoms with E-state index in [0.717, 1.165) is 20.0 Å². The molecule has 0 aliphatic rings. The lowest BCUT2D eigenvalue weighted by Gasteiger charge is -2.07. The maximum atomic E-state index is 11.9. The quantitative estimate of drug-likeness (QED) is 0.450. The van der Waals surface area contributed by atoms with Crippen molar-refractivity contribution in [3.8, 4) is 10.8 Å². The topological polar surface area (TPSA) is 106 Å². The zero-order chi connectivity index (χ0) is 19.9.